The fraction of sp³-hybridized carbons (Fsp3) is 0.200. The molecule has 0 unspecified atom stereocenters. The molecule has 0 aliphatic rings. The molecule has 1 aromatic heterocycles. The minimum absolute atomic E-state index is 0.216. The molecule has 2 aromatic rings. The number of alkyl halides is 3. The fourth-order valence-electron chi connectivity index (χ4n) is 1.22. The standard InChI is InChI=1S/C10H8F3N3O/c1-6-4-2-3-5-7(6)14-9-15-8(17-16-9)10(11,12)13/h2-5H,1H3,(H,14,16). The van der Waals surface area contributed by atoms with Crippen molar-refractivity contribution >= 4 is 11.6 Å². The van der Waals surface area contributed by atoms with E-state index in [9.17, 15) is 13.2 Å². The van der Waals surface area contributed by atoms with Crippen molar-refractivity contribution in [3.8, 4) is 0 Å². The summed E-state index contributed by atoms with van der Waals surface area (Å²) < 4.78 is 40.7. The molecule has 0 fully saturated rings. The smallest absolute Gasteiger partial charge is 0.327 e. The van der Waals surface area contributed by atoms with Crippen LogP contribution in [0.1, 0.15) is 11.5 Å². The Hall–Kier alpha value is -2.05. The van der Waals surface area contributed by atoms with Crippen molar-refractivity contribution in [1.82, 2.24) is 10.1 Å². The van der Waals surface area contributed by atoms with Crippen LogP contribution in [-0.2, 0) is 6.18 Å². The third-order valence-electron chi connectivity index (χ3n) is 2.06. The summed E-state index contributed by atoms with van der Waals surface area (Å²) in [6.07, 6.45) is -4.63. The average Bonchev–Trinajstić information content (AvgIpc) is 2.69. The lowest BCUT2D eigenvalue weighted by Gasteiger charge is -2.03. The summed E-state index contributed by atoms with van der Waals surface area (Å²) in [7, 11) is 0. The molecule has 0 atom stereocenters. The van der Waals surface area contributed by atoms with E-state index < -0.39 is 12.1 Å². The van der Waals surface area contributed by atoms with Crippen LogP contribution in [0.3, 0.4) is 0 Å². The van der Waals surface area contributed by atoms with Crippen molar-refractivity contribution in [2.75, 3.05) is 5.32 Å². The van der Waals surface area contributed by atoms with Gasteiger partial charge in [0.2, 0.25) is 0 Å². The number of benzene rings is 1. The lowest BCUT2D eigenvalue weighted by molar-refractivity contribution is -0.159. The zero-order chi connectivity index (χ0) is 12.5. The van der Waals surface area contributed by atoms with E-state index in [1.807, 2.05) is 19.1 Å². The molecule has 0 aliphatic heterocycles. The summed E-state index contributed by atoms with van der Waals surface area (Å²) >= 11 is 0. The van der Waals surface area contributed by atoms with Crippen LogP contribution in [0.4, 0.5) is 24.8 Å². The van der Waals surface area contributed by atoms with Gasteiger partial charge in [-0.1, -0.05) is 18.2 Å². The summed E-state index contributed by atoms with van der Waals surface area (Å²) in [5.74, 6) is -1.58. The average molecular weight is 243 g/mol. The second-order valence-corrected chi connectivity index (χ2v) is 3.36. The number of aromatic nitrogens is 2. The Kier molecular flexibility index (Phi) is 2.74. The zero-order valence-corrected chi connectivity index (χ0v) is 8.75. The minimum Gasteiger partial charge on any atom is -0.327 e. The van der Waals surface area contributed by atoms with E-state index >= 15 is 0 Å². The van der Waals surface area contributed by atoms with Crippen molar-refractivity contribution in [3.63, 3.8) is 0 Å². The monoisotopic (exact) mass is 243 g/mol. The molecule has 0 spiro atoms. The van der Waals surface area contributed by atoms with Gasteiger partial charge in [-0.05, 0) is 23.7 Å². The number of nitrogens with one attached hydrogen (secondary N) is 1. The molecule has 0 radical (unpaired) electrons. The maximum atomic E-state index is 12.2. The number of nitrogens with zero attached hydrogens (tertiary/aromatic N) is 2. The predicted octanol–water partition coefficient (Wildman–Crippen LogP) is 3.14. The highest BCUT2D eigenvalue weighted by Crippen LogP contribution is 2.28. The Labute approximate surface area is 94.4 Å². The van der Waals surface area contributed by atoms with Crippen molar-refractivity contribution in [3.05, 3.63) is 35.7 Å². The Morgan fingerprint density at radius 3 is 2.53 bits per heavy atom. The van der Waals surface area contributed by atoms with Gasteiger partial charge in [0, 0.05) is 5.69 Å². The van der Waals surface area contributed by atoms with E-state index in [0.717, 1.165) is 5.56 Å². The molecule has 0 amide bonds. The molecule has 7 heteroatoms. The largest absolute Gasteiger partial charge is 0.471 e. The second-order valence-electron chi connectivity index (χ2n) is 3.36. The highest BCUT2D eigenvalue weighted by Gasteiger charge is 2.38. The maximum Gasteiger partial charge on any atom is 0.471 e. The van der Waals surface area contributed by atoms with E-state index in [2.05, 4.69) is 20.0 Å². The number of rotatable bonds is 2. The lowest BCUT2D eigenvalue weighted by atomic mass is 10.2. The quantitative estimate of drug-likeness (QED) is 0.880. The number of hydrogen-bond donors (Lipinski definition) is 1. The number of anilines is 2. The normalized spacial score (nSPS) is 11.5. The topological polar surface area (TPSA) is 51.0 Å². The van der Waals surface area contributed by atoms with Gasteiger partial charge >= 0.3 is 12.1 Å². The van der Waals surface area contributed by atoms with Gasteiger partial charge in [-0.25, -0.2) is 0 Å². The van der Waals surface area contributed by atoms with E-state index in [-0.39, 0.29) is 5.95 Å². The predicted molar refractivity (Wildman–Crippen MR) is 53.8 cm³/mol. The number of para-hydroxylation sites is 1. The van der Waals surface area contributed by atoms with Crippen LogP contribution in [0.5, 0.6) is 0 Å². The molecule has 1 N–H and O–H groups in total. The minimum atomic E-state index is -4.63. The van der Waals surface area contributed by atoms with Gasteiger partial charge in [0.1, 0.15) is 0 Å². The van der Waals surface area contributed by atoms with Crippen LogP contribution in [-0.4, -0.2) is 10.1 Å². The molecule has 0 aliphatic carbocycles. The molecule has 1 heterocycles. The van der Waals surface area contributed by atoms with Gasteiger partial charge in [0.05, 0.1) is 0 Å². The fourth-order valence-corrected chi connectivity index (χ4v) is 1.22. The molecular weight excluding hydrogens is 235 g/mol. The molecule has 1 aromatic carbocycles. The van der Waals surface area contributed by atoms with Crippen molar-refractivity contribution in [2.24, 2.45) is 0 Å². The molecule has 17 heavy (non-hydrogen) atoms. The summed E-state index contributed by atoms with van der Waals surface area (Å²) in [5.41, 5.74) is 1.49. The Balaban J connectivity index is 2.21. The summed E-state index contributed by atoms with van der Waals surface area (Å²) in [6.45, 7) is 1.81. The molecule has 4 nitrogen and oxygen atoms in total. The van der Waals surface area contributed by atoms with Crippen LogP contribution in [0.15, 0.2) is 28.8 Å². The van der Waals surface area contributed by atoms with E-state index in [4.69, 9.17) is 0 Å². The summed E-state index contributed by atoms with van der Waals surface area (Å²) in [6, 6.07) is 7.09. The molecular formula is C10H8F3N3O. The second kappa shape index (κ2) is 4.08. The van der Waals surface area contributed by atoms with Gasteiger partial charge in [-0.15, -0.1) is 0 Å². The Bertz CT molecular complexity index is 522. The maximum absolute atomic E-state index is 12.2. The van der Waals surface area contributed by atoms with Gasteiger partial charge < -0.3 is 9.84 Å². The first-order chi connectivity index (χ1) is 7.97. The third-order valence-corrected chi connectivity index (χ3v) is 2.06. The first-order valence-corrected chi connectivity index (χ1v) is 4.70. The van der Waals surface area contributed by atoms with Crippen LogP contribution in [0.2, 0.25) is 0 Å². The SMILES string of the molecule is Cc1ccccc1Nc1noc(C(F)(F)F)n1. The van der Waals surface area contributed by atoms with Crippen molar-refractivity contribution in [2.45, 2.75) is 13.1 Å². The number of aryl methyl sites for hydroxylation is 1. The molecule has 2 rings (SSSR count). The van der Waals surface area contributed by atoms with Crippen LogP contribution >= 0.6 is 0 Å². The van der Waals surface area contributed by atoms with Gasteiger partial charge in [-0.2, -0.15) is 18.2 Å². The lowest BCUT2D eigenvalue weighted by Crippen LogP contribution is -2.05. The Morgan fingerprint density at radius 2 is 1.94 bits per heavy atom. The van der Waals surface area contributed by atoms with Gasteiger partial charge in [0.15, 0.2) is 0 Å². The molecule has 90 valence electrons. The number of hydrogen-bond acceptors (Lipinski definition) is 4. The zero-order valence-electron chi connectivity index (χ0n) is 8.75. The van der Waals surface area contributed by atoms with E-state index in [0.29, 0.717) is 5.69 Å². The van der Waals surface area contributed by atoms with E-state index in [1.54, 1.807) is 12.1 Å². The molecule has 0 bridgehead atoms. The highest BCUT2D eigenvalue weighted by molar-refractivity contribution is 5.57. The number of halogens is 3. The van der Waals surface area contributed by atoms with Crippen molar-refractivity contribution in [1.29, 1.82) is 0 Å². The Morgan fingerprint density at radius 1 is 1.24 bits per heavy atom. The van der Waals surface area contributed by atoms with Crippen LogP contribution in [0, 0.1) is 6.92 Å². The third kappa shape index (κ3) is 2.55. The first-order valence-electron chi connectivity index (χ1n) is 4.70. The molecule has 0 saturated carbocycles. The first kappa shape index (κ1) is 11.4. The van der Waals surface area contributed by atoms with Crippen LogP contribution < -0.4 is 5.32 Å². The van der Waals surface area contributed by atoms with Crippen molar-refractivity contribution < 1.29 is 17.7 Å². The van der Waals surface area contributed by atoms with Crippen LogP contribution in [0.25, 0.3) is 0 Å². The van der Waals surface area contributed by atoms with Gasteiger partial charge in [0.25, 0.3) is 5.95 Å². The highest BCUT2D eigenvalue weighted by atomic mass is 19.4. The van der Waals surface area contributed by atoms with E-state index in [1.165, 1.54) is 0 Å². The van der Waals surface area contributed by atoms with Gasteiger partial charge in [-0.3, -0.25) is 0 Å². The summed E-state index contributed by atoms with van der Waals surface area (Å²) in [5, 5.41) is 5.85. The summed E-state index contributed by atoms with van der Waals surface area (Å²) in [4.78, 5) is 3.20. The molecule has 0 saturated heterocycles.